The van der Waals surface area contributed by atoms with Crippen molar-refractivity contribution in [2.75, 3.05) is 19.8 Å². The lowest BCUT2D eigenvalue weighted by atomic mass is 10.1. The van der Waals surface area contributed by atoms with Crippen molar-refractivity contribution in [1.82, 2.24) is 5.32 Å². The smallest absolute Gasteiger partial charge is 0.258 e. The molecule has 2 aromatic rings. The lowest BCUT2D eigenvalue weighted by molar-refractivity contribution is -0.123. The number of amides is 1. The zero-order valence-electron chi connectivity index (χ0n) is 13.3. The van der Waals surface area contributed by atoms with Crippen LogP contribution in [0, 0.1) is 0 Å². The molecule has 0 aromatic heterocycles. The predicted molar refractivity (Wildman–Crippen MR) is 90.9 cm³/mol. The van der Waals surface area contributed by atoms with E-state index in [9.17, 15) is 4.79 Å². The molecule has 1 atom stereocenters. The van der Waals surface area contributed by atoms with Crippen LogP contribution in [0.4, 0.5) is 0 Å². The lowest BCUT2D eigenvalue weighted by Crippen LogP contribution is -2.31. The highest BCUT2D eigenvalue weighted by Gasteiger charge is 2.14. The minimum absolute atomic E-state index is 0.0719. The highest BCUT2D eigenvalue weighted by molar-refractivity contribution is 6.30. The molecule has 0 aliphatic carbocycles. The van der Waals surface area contributed by atoms with E-state index in [1.807, 2.05) is 19.1 Å². The molecule has 1 N–H and O–H groups in total. The number of carbonyl (C=O) groups is 1. The third kappa shape index (κ3) is 4.11. The predicted octanol–water partition coefficient (Wildman–Crippen LogP) is 3.37. The maximum absolute atomic E-state index is 12.0. The molecular formula is C18H18ClNO4. The standard InChI is InChI=1S/C18H18ClNO4/c1-12(13-2-4-14(19)5-3-13)20-18(21)11-24-15-6-7-16-17(10-15)23-9-8-22-16/h2-7,10,12H,8-9,11H2,1H3,(H,20,21). The van der Waals surface area contributed by atoms with Gasteiger partial charge in [0.1, 0.15) is 19.0 Å². The fourth-order valence-corrected chi connectivity index (χ4v) is 2.51. The number of carbonyl (C=O) groups excluding carboxylic acids is 1. The van der Waals surface area contributed by atoms with Gasteiger partial charge < -0.3 is 19.5 Å². The number of ether oxygens (including phenoxy) is 3. The van der Waals surface area contributed by atoms with Gasteiger partial charge in [0.15, 0.2) is 18.1 Å². The normalized spacial score (nSPS) is 13.9. The van der Waals surface area contributed by atoms with Crippen LogP contribution in [0.5, 0.6) is 17.2 Å². The van der Waals surface area contributed by atoms with E-state index in [4.69, 9.17) is 25.8 Å². The van der Waals surface area contributed by atoms with Gasteiger partial charge in [-0.1, -0.05) is 23.7 Å². The first-order chi connectivity index (χ1) is 11.6. The van der Waals surface area contributed by atoms with Crippen LogP contribution < -0.4 is 19.5 Å². The summed E-state index contributed by atoms with van der Waals surface area (Å²) in [6.07, 6.45) is 0. The monoisotopic (exact) mass is 347 g/mol. The van der Waals surface area contributed by atoms with Gasteiger partial charge in [0, 0.05) is 11.1 Å². The summed E-state index contributed by atoms with van der Waals surface area (Å²) in [4.78, 5) is 12.0. The third-order valence-electron chi connectivity index (χ3n) is 3.63. The Morgan fingerprint density at radius 1 is 1.17 bits per heavy atom. The van der Waals surface area contributed by atoms with Crippen LogP contribution in [-0.2, 0) is 4.79 Å². The zero-order valence-corrected chi connectivity index (χ0v) is 14.0. The second-order valence-corrected chi connectivity index (χ2v) is 5.87. The van der Waals surface area contributed by atoms with Gasteiger partial charge in [-0.3, -0.25) is 4.79 Å². The van der Waals surface area contributed by atoms with Gasteiger partial charge in [0.05, 0.1) is 6.04 Å². The molecule has 1 heterocycles. The van der Waals surface area contributed by atoms with Crippen LogP contribution in [0.1, 0.15) is 18.5 Å². The first-order valence-corrected chi connectivity index (χ1v) is 8.07. The Labute approximate surface area is 145 Å². The average molecular weight is 348 g/mol. The number of benzene rings is 2. The Bertz CT molecular complexity index is 717. The maximum atomic E-state index is 12.0. The highest BCUT2D eigenvalue weighted by Crippen LogP contribution is 2.33. The van der Waals surface area contributed by atoms with E-state index in [0.29, 0.717) is 35.5 Å². The Morgan fingerprint density at radius 2 is 1.88 bits per heavy atom. The molecular weight excluding hydrogens is 330 g/mol. The maximum Gasteiger partial charge on any atom is 0.258 e. The third-order valence-corrected chi connectivity index (χ3v) is 3.88. The van der Waals surface area contributed by atoms with Gasteiger partial charge in [-0.25, -0.2) is 0 Å². The summed E-state index contributed by atoms with van der Waals surface area (Å²) in [6.45, 7) is 2.89. The quantitative estimate of drug-likeness (QED) is 0.901. The van der Waals surface area contributed by atoms with Crippen LogP contribution in [0.15, 0.2) is 42.5 Å². The summed E-state index contributed by atoms with van der Waals surface area (Å²) < 4.78 is 16.5. The van der Waals surface area contributed by atoms with Crippen LogP contribution in [0.3, 0.4) is 0 Å². The largest absolute Gasteiger partial charge is 0.486 e. The summed E-state index contributed by atoms with van der Waals surface area (Å²) >= 11 is 5.86. The van der Waals surface area contributed by atoms with E-state index in [2.05, 4.69) is 5.32 Å². The highest BCUT2D eigenvalue weighted by atomic mass is 35.5. The second kappa shape index (κ2) is 7.45. The van der Waals surface area contributed by atoms with E-state index < -0.39 is 0 Å². The average Bonchev–Trinajstić information content (AvgIpc) is 2.60. The topological polar surface area (TPSA) is 56.8 Å². The zero-order chi connectivity index (χ0) is 16.9. The van der Waals surface area contributed by atoms with Crippen molar-refractivity contribution in [2.24, 2.45) is 0 Å². The first kappa shape index (κ1) is 16.5. The van der Waals surface area contributed by atoms with Crippen LogP contribution in [0.25, 0.3) is 0 Å². The van der Waals surface area contributed by atoms with E-state index in [1.165, 1.54) is 0 Å². The van der Waals surface area contributed by atoms with Gasteiger partial charge in [-0.15, -0.1) is 0 Å². The molecule has 0 bridgehead atoms. The van der Waals surface area contributed by atoms with Crippen molar-refractivity contribution in [3.05, 3.63) is 53.1 Å². The number of hydrogen-bond acceptors (Lipinski definition) is 4. The van der Waals surface area contributed by atoms with Gasteiger partial charge in [0.2, 0.25) is 0 Å². The summed E-state index contributed by atoms with van der Waals surface area (Å²) in [5.74, 6) is 1.68. The van der Waals surface area contributed by atoms with E-state index in [0.717, 1.165) is 5.56 Å². The van der Waals surface area contributed by atoms with Crippen LogP contribution in [0.2, 0.25) is 5.02 Å². The van der Waals surface area contributed by atoms with Crippen molar-refractivity contribution in [3.63, 3.8) is 0 Å². The Hall–Kier alpha value is -2.40. The summed E-state index contributed by atoms with van der Waals surface area (Å²) in [5.41, 5.74) is 0.979. The summed E-state index contributed by atoms with van der Waals surface area (Å²) in [5, 5.41) is 3.55. The number of nitrogens with one attached hydrogen (secondary N) is 1. The molecule has 1 aliphatic heterocycles. The fourth-order valence-electron chi connectivity index (χ4n) is 2.38. The molecule has 0 fully saturated rings. The van der Waals surface area contributed by atoms with E-state index >= 15 is 0 Å². The number of hydrogen-bond donors (Lipinski definition) is 1. The SMILES string of the molecule is CC(NC(=O)COc1ccc2c(c1)OCCO2)c1ccc(Cl)cc1. The molecule has 24 heavy (non-hydrogen) atoms. The minimum atomic E-state index is -0.202. The second-order valence-electron chi connectivity index (χ2n) is 5.43. The minimum Gasteiger partial charge on any atom is -0.486 e. The van der Waals surface area contributed by atoms with E-state index in [1.54, 1.807) is 30.3 Å². The molecule has 6 heteroatoms. The molecule has 0 saturated carbocycles. The molecule has 2 aromatic carbocycles. The lowest BCUT2D eigenvalue weighted by Gasteiger charge is -2.19. The van der Waals surface area contributed by atoms with Crippen molar-refractivity contribution in [2.45, 2.75) is 13.0 Å². The molecule has 5 nitrogen and oxygen atoms in total. The molecule has 0 radical (unpaired) electrons. The first-order valence-electron chi connectivity index (χ1n) is 7.69. The Kier molecular flexibility index (Phi) is 5.11. The van der Waals surface area contributed by atoms with Crippen molar-refractivity contribution in [3.8, 4) is 17.2 Å². The van der Waals surface area contributed by atoms with Gasteiger partial charge >= 0.3 is 0 Å². The van der Waals surface area contributed by atoms with E-state index in [-0.39, 0.29) is 18.6 Å². The van der Waals surface area contributed by atoms with Crippen LogP contribution in [-0.4, -0.2) is 25.7 Å². The number of halogens is 1. The molecule has 126 valence electrons. The number of rotatable bonds is 5. The Balaban J connectivity index is 1.52. The number of fused-ring (bicyclic) bond motifs is 1. The molecule has 0 spiro atoms. The molecule has 0 saturated heterocycles. The van der Waals surface area contributed by atoms with Gasteiger partial charge in [0.25, 0.3) is 5.91 Å². The van der Waals surface area contributed by atoms with Crippen molar-refractivity contribution < 1.29 is 19.0 Å². The molecule has 3 rings (SSSR count). The molecule has 1 amide bonds. The summed E-state index contributed by atoms with van der Waals surface area (Å²) in [6, 6.07) is 12.5. The Morgan fingerprint density at radius 3 is 2.62 bits per heavy atom. The van der Waals surface area contributed by atoms with Gasteiger partial charge in [-0.2, -0.15) is 0 Å². The molecule has 1 unspecified atom stereocenters. The molecule has 1 aliphatic rings. The van der Waals surface area contributed by atoms with Crippen molar-refractivity contribution in [1.29, 1.82) is 0 Å². The summed E-state index contributed by atoms with van der Waals surface area (Å²) in [7, 11) is 0. The van der Waals surface area contributed by atoms with Crippen LogP contribution >= 0.6 is 11.6 Å². The van der Waals surface area contributed by atoms with Crippen molar-refractivity contribution >= 4 is 17.5 Å². The fraction of sp³-hybridized carbons (Fsp3) is 0.278. The van der Waals surface area contributed by atoms with Gasteiger partial charge in [-0.05, 0) is 36.8 Å².